The van der Waals surface area contributed by atoms with Crippen molar-refractivity contribution in [1.29, 1.82) is 0 Å². The number of pyridine rings is 1. The molecule has 190 valence electrons. The first-order chi connectivity index (χ1) is 17.2. The van der Waals surface area contributed by atoms with Crippen LogP contribution in [0.15, 0.2) is 34.6 Å². The predicted octanol–water partition coefficient (Wildman–Crippen LogP) is 3.22. The minimum absolute atomic E-state index is 0.159. The fourth-order valence-electron chi connectivity index (χ4n) is 4.23. The van der Waals surface area contributed by atoms with Gasteiger partial charge in [-0.15, -0.1) is 11.3 Å². The number of amides is 1. The number of aromatic nitrogens is 3. The van der Waals surface area contributed by atoms with Crippen LogP contribution in [0.3, 0.4) is 0 Å². The third-order valence-electron chi connectivity index (χ3n) is 6.05. The van der Waals surface area contributed by atoms with Crippen molar-refractivity contribution in [2.45, 2.75) is 51.6 Å². The molecule has 3 N–H and O–H groups in total. The van der Waals surface area contributed by atoms with E-state index in [0.29, 0.717) is 43.3 Å². The lowest BCUT2D eigenvalue weighted by molar-refractivity contribution is -0.131. The third kappa shape index (κ3) is 5.91. The van der Waals surface area contributed by atoms with E-state index in [0.717, 1.165) is 35.2 Å². The van der Waals surface area contributed by atoms with E-state index in [1.807, 2.05) is 17.0 Å². The van der Waals surface area contributed by atoms with Crippen molar-refractivity contribution < 1.29 is 19.4 Å². The van der Waals surface area contributed by atoms with Gasteiger partial charge in [0.1, 0.15) is 17.6 Å². The number of rotatable bonds is 8. The molecule has 1 atom stereocenters. The van der Waals surface area contributed by atoms with Gasteiger partial charge in [0.05, 0.1) is 22.8 Å². The number of hydrogen-bond acceptors (Lipinski definition) is 8. The van der Waals surface area contributed by atoms with Gasteiger partial charge >= 0.3 is 12.1 Å². The van der Waals surface area contributed by atoms with E-state index in [1.165, 1.54) is 10.5 Å². The standard InChI is InChI=1S/C25H29N5O5S/c1-15(2)19-14-36-21(27-19)7-5-16-9-11-30-20(12-16)28-23(18(24(30)33)6-8-22(31)32)29-10-3-4-17(13-29)35-25(26)34/h6,8-9,11-12,14-15,17H,3-5,7,10,13H2,1-2H3,(H2,26,34)(H,31,32)/b8-6+. The summed E-state index contributed by atoms with van der Waals surface area (Å²) in [7, 11) is 0. The molecule has 36 heavy (non-hydrogen) atoms. The summed E-state index contributed by atoms with van der Waals surface area (Å²) in [4.78, 5) is 47.1. The smallest absolute Gasteiger partial charge is 0.404 e. The zero-order valence-electron chi connectivity index (χ0n) is 20.2. The molecule has 4 rings (SSSR count). The molecule has 0 bridgehead atoms. The summed E-state index contributed by atoms with van der Waals surface area (Å²) >= 11 is 1.65. The molecule has 10 nitrogen and oxygen atoms in total. The number of ether oxygens (including phenoxy) is 1. The average molecular weight is 512 g/mol. The number of carbonyl (C=O) groups excluding carboxylic acids is 1. The molecule has 1 aliphatic rings. The molecule has 0 aliphatic carbocycles. The second kappa shape index (κ2) is 10.9. The second-order valence-electron chi connectivity index (χ2n) is 9.06. The van der Waals surface area contributed by atoms with E-state index >= 15 is 0 Å². The third-order valence-corrected chi connectivity index (χ3v) is 6.98. The lowest BCUT2D eigenvalue weighted by Gasteiger charge is -2.33. The van der Waals surface area contributed by atoms with Crippen molar-refractivity contribution in [2.75, 3.05) is 18.0 Å². The van der Waals surface area contributed by atoms with Crippen molar-refractivity contribution in [1.82, 2.24) is 14.4 Å². The number of aliphatic carboxylic acids is 1. The number of carbonyl (C=O) groups is 2. The van der Waals surface area contributed by atoms with Crippen LogP contribution in [0.1, 0.15) is 54.4 Å². The second-order valence-corrected chi connectivity index (χ2v) is 10.00. The Morgan fingerprint density at radius 1 is 1.33 bits per heavy atom. The Morgan fingerprint density at radius 2 is 2.14 bits per heavy atom. The van der Waals surface area contributed by atoms with Gasteiger partial charge in [0.25, 0.3) is 5.56 Å². The summed E-state index contributed by atoms with van der Waals surface area (Å²) < 4.78 is 6.59. The van der Waals surface area contributed by atoms with Gasteiger partial charge in [0.2, 0.25) is 0 Å². The van der Waals surface area contributed by atoms with Gasteiger partial charge in [-0.05, 0) is 49.0 Å². The number of fused-ring (bicyclic) bond motifs is 1. The number of thiazole rings is 1. The van der Waals surface area contributed by atoms with Crippen LogP contribution in [0.25, 0.3) is 11.7 Å². The number of carboxylic acids is 1. The van der Waals surface area contributed by atoms with Crippen molar-refractivity contribution in [3.05, 3.63) is 62.0 Å². The van der Waals surface area contributed by atoms with E-state index in [1.54, 1.807) is 17.5 Å². The first kappa shape index (κ1) is 25.4. The van der Waals surface area contributed by atoms with Crippen LogP contribution >= 0.6 is 11.3 Å². The van der Waals surface area contributed by atoms with Crippen molar-refractivity contribution in [3.63, 3.8) is 0 Å². The van der Waals surface area contributed by atoms with Gasteiger partial charge in [-0.2, -0.15) is 0 Å². The molecule has 1 unspecified atom stereocenters. The Labute approximate surface area is 212 Å². The maximum Gasteiger partial charge on any atom is 0.404 e. The molecule has 0 radical (unpaired) electrons. The molecule has 3 aromatic rings. The first-order valence-electron chi connectivity index (χ1n) is 11.8. The fourth-order valence-corrected chi connectivity index (χ4v) is 5.19. The molecular weight excluding hydrogens is 482 g/mol. The first-order valence-corrected chi connectivity index (χ1v) is 12.7. The van der Waals surface area contributed by atoms with Gasteiger partial charge < -0.3 is 20.5 Å². The Morgan fingerprint density at radius 3 is 2.83 bits per heavy atom. The molecule has 11 heteroatoms. The van der Waals surface area contributed by atoms with Gasteiger partial charge in [-0.3, -0.25) is 9.20 Å². The summed E-state index contributed by atoms with van der Waals surface area (Å²) in [6.45, 7) is 5.12. The molecule has 1 saturated heterocycles. The van der Waals surface area contributed by atoms with Crippen LogP contribution in [0.4, 0.5) is 10.6 Å². The number of carboxylic acid groups (broad SMARTS) is 1. The number of nitrogens with two attached hydrogens (primary N) is 1. The topological polar surface area (TPSA) is 140 Å². The summed E-state index contributed by atoms with van der Waals surface area (Å²) in [5.74, 6) is -0.427. The zero-order valence-corrected chi connectivity index (χ0v) is 21.0. The molecule has 1 fully saturated rings. The molecular formula is C25H29N5O5S. The highest BCUT2D eigenvalue weighted by molar-refractivity contribution is 7.09. The Balaban J connectivity index is 1.67. The Kier molecular flexibility index (Phi) is 7.68. The van der Waals surface area contributed by atoms with E-state index in [4.69, 9.17) is 25.5 Å². The number of aryl methyl sites for hydroxylation is 2. The number of anilines is 1. The van der Waals surface area contributed by atoms with Crippen LogP contribution in [-0.2, 0) is 22.4 Å². The lowest BCUT2D eigenvalue weighted by Crippen LogP contribution is -2.43. The molecule has 0 spiro atoms. The SMILES string of the molecule is CC(C)c1csc(CCc2ccn3c(=O)c(/C=C/C(=O)O)c(N4CCCC(OC(N)=O)C4)nc3c2)n1. The lowest BCUT2D eigenvalue weighted by atomic mass is 10.1. The molecule has 0 aromatic carbocycles. The van der Waals surface area contributed by atoms with Crippen LogP contribution in [0.2, 0.25) is 0 Å². The normalized spacial score (nSPS) is 16.2. The highest BCUT2D eigenvalue weighted by Gasteiger charge is 2.26. The van der Waals surface area contributed by atoms with E-state index in [9.17, 15) is 14.4 Å². The minimum atomic E-state index is -1.17. The van der Waals surface area contributed by atoms with Crippen LogP contribution in [0.5, 0.6) is 0 Å². The monoisotopic (exact) mass is 511 g/mol. The maximum absolute atomic E-state index is 13.4. The van der Waals surface area contributed by atoms with E-state index in [-0.39, 0.29) is 11.1 Å². The highest BCUT2D eigenvalue weighted by Crippen LogP contribution is 2.24. The highest BCUT2D eigenvalue weighted by atomic mass is 32.1. The number of piperidine rings is 1. The minimum Gasteiger partial charge on any atom is -0.478 e. The maximum atomic E-state index is 13.4. The summed E-state index contributed by atoms with van der Waals surface area (Å²) in [5, 5.41) is 12.3. The molecule has 4 heterocycles. The predicted molar refractivity (Wildman–Crippen MR) is 138 cm³/mol. The van der Waals surface area contributed by atoms with E-state index < -0.39 is 18.2 Å². The van der Waals surface area contributed by atoms with Gasteiger partial charge in [-0.1, -0.05) is 13.8 Å². The van der Waals surface area contributed by atoms with Crippen LogP contribution in [0, 0.1) is 0 Å². The molecule has 1 aliphatic heterocycles. The van der Waals surface area contributed by atoms with Crippen molar-refractivity contribution in [3.8, 4) is 0 Å². The number of nitrogens with zero attached hydrogens (tertiary/aromatic N) is 4. The summed E-state index contributed by atoms with van der Waals surface area (Å²) in [5.41, 5.74) is 7.53. The van der Waals surface area contributed by atoms with Crippen molar-refractivity contribution >= 4 is 40.9 Å². The van der Waals surface area contributed by atoms with Crippen LogP contribution < -0.4 is 16.2 Å². The quantitative estimate of drug-likeness (QED) is 0.439. The summed E-state index contributed by atoms with van der Waals surface area (Å²) in [6, 6.07) is 3.74. The van der Waals surface area contributed by atoms with Gasteiger partial charge in [-0.25, -0.2) is 19.6 Å². The molecule has 3 aromatic heterocycles. The van der Waals surface area contributed by atoms with Crippen molar-refractivity contribution in [2.24, 2.45) is 5.73 Å². The zero-order chi connectivity index (χ0) is 25.8. The average Bonchev–Trinajstić information content (AvgIpc) is 3.31. The Hall–Kier alpha value is -3.73. The number of primary amides is 1. The van der Waals surface area contributed by atoms with Gasteiger partial charge in [0.15, 0.2) is 0 Å². The fraction of sp³-hybridized carbons (Fsp3) is 0.400. The molecule has 0 saturated carbocycles. The number of hydrogen-bond donors (Lipinski definition) is 2. The van der Waals surface area contributed by atoms with Gasteiger partial charge in [0, 0.05) is 30.6 Å². The van der Waals surface area contributed by atoms with Crippen LogP contribution in [-0.4, -0.2) is 50.7 Å². The molecule has 1 amide bonds. The summed E-state index contributed by atoms with van der Waals surface area (Å²) in [6.07, 6.45) is 5.42. The Bertz CT molecular complexity index is 1360. The largest absolute Gasteiger partial charge is 0.478 e. The van der Waals surface area contributed by atoms with E-state index in [2.05, 4.69) is 19.2 Å².